The standard InChI is InChI=1S/C23H26N2O3/c26-20-8-5-16(6-9-20)17-11-13-25(14-12-17)22(27)10-7-19-15-18-3-1-2-4-21(18)24-23(19)28/h1-6,8-9,17,19,26H,7,10-15H2,(H,24,28). The molecule has 5 nitrogen and oxygen atoms in total. The van der Waals surface area contributed by atoms with E-state index in [0.717, 1.165) is 37.2 Å². The predicted octanol–water partition coefficient (Wildman–Crippen LogP) is 3.69. The number of nitrogens with zero attached hydrogens (tertiary/aromatic N) is 1. The van der Waals surface area contributed by atoms with Gasteiger partial charge in [0.05, 0.1) is 0 Å². The van der Waals surface area contributed by atoms with E-state index >= 15 is 0 Å². The molecule has 2 N–H and O–H groups in total. The lowest BCUT2D eigenvalue weighted by Gasteiger charge is -2.33. The Labute approximate surface area is 165 Å². The van der Waals surface area contributed by atoms with Crippen molar-refractivity contribution in [3.63, 3.8) is 0 Å². The second-order valence-electron chi connectivity index (χ2n) is 7.83. The fourth-order valence-electron chi connectivity index (χ4n) is 4.31. The van der Waals surface area contributed by atoms with E-state index in [1.165, 1.54) is 5.56 Å². The van der Waals surface area contributed by atoms with Crippen molar-refractivity contribution in [3.05, 3.63) is 59.7 Å². The zero-order valence-electron chi connectivity index (χ0n) is 15.9. The molecule has 5 heteroatoms. The summed E-state index contributed by atoms with van der Waals surface area (Å²) in [4.78, 5) is 26.9. The summed E-state index contributed by atoms with van der Waals surface area (Å²) in [6.45, 7) is 1.51. The number of rotatable bonds is 4. The van der Waals surface area contributed by atoms with Gasteiger partial charge in [-0.1, -0.05) is 30.3 Å². The first-order valence-electron chi connectivity index (χ1n) is 10.1. The Bertz CT molecular complexity index is 854. The minimum atomic E-state index is -0.131. The summed E-state index contributed by atoms with van der Waals surface area (Å²) in [5, 5.41) is 12.4. The zero-order valence-corrected chi connectivity index (χ0v) is 15.9. The number of carbonyl (C=O) groups is 2. The van der Waals surface area contributed by atoms with Gasteiger partial charge in [0.25, 0.3) is 0 Å². The summed E-state index contributed by atoms with van der Waals surface area (Å²) in [5.74, 6) is 0.762. The van der Waals surface area contributed by atoms with Gasteiger partial charge in [-0.2, -0.15) is 0 Å². The molecule has 2 aromatic rings. The Kier molecular flexibility index (Phi) is 5.33. The number of anilines is 1. The summed E-state index contributed by atoms with van der Waals surface area (Å²) >= 11 is 0. The lowest BCUT2D eigenvalue weighted by molar-refractivity contribution is -0.132. The van der Waals surface area contributed by atoms with E-state index in [2.05, 4.69) is 5.32 Å². The average Bonchev–Trinajstić information content (AvgIpc) is 2.72. The molecule has 0 radical (unpaired) electrons. The minimum Gasteiger partial charge on any atom is -0.508 e. The number of likely N-dealkylation sites (tertiary alicyclic amines) is 1. The van der Waals surface area contributed by atoms with E-state index in [9.17, 15) is 14.7 Å². The van der Waals surface area contributed by atoms with Gasteiger partial charge in [-0.3, -0.25) is 9.59 Å². The molecule has 28 heavy (non-hydrogen) atoms. The van der Waals surface area contributed by atoms with Crippen LogP contribution in [0.5, 0.6) is 5.75 Å². The van der Waals surface area contributed by atoms with Crippen LogP contribution in [0.4, 0.5) is 5.69 Å². The van der Waals surface area contributed by atoms with Gasteiger partial charge in [-0.15, -0.1) is 0 Å². The number of piperidine rings is 1. The third kappa shape index (κ3) is 4.03. The van der Waals surface area contributed by atoms with Crippen LogP contribution in [-0.2, 0) is 16.0 Å². The van der Waals surface area contributed by atoms with Gasteiger partial charge < -0.3 is 15.3 Å². The third-order valence-electron chi connectivity index (χ3n) is 6.03. The highest BCUT2D eigenvalue weighted by Gasteiger charge is 2.28. The normalized spacial score (nSPS) is 19.8. The van der Waals surface area contributed by atoms with E-state index in [-0.39, 0.29) is 23.5 Å². The first-order chi connectivity index (χ1) is 13.6. The van der Waals surface area contributed by atoms with E-state index < -0.39 is 0 Å². The summed E-state index contributed by atoms with van der Waals surface area (Å²) in [6.07, 6.45) is 3.60. The van der Waals surface area contributed by atoms with Crippen LogP contribution < -0.4 is 5.32 Å². The molecule has 0 bridgehead atoms. The number of carbonyl (C=O) groups excluding carboxylic acids is 2. The quantitative estimate of drug-likeness (QED) is 0.852. The molecular formula is C23H26N2O3. The number of amides is 2. The van der Waals surface area contributed by atoms with Gasteiger partial charge in [-0.25, -0.2) is 0 Å². The second-order valence-corrected chi connectivity index (χ2v) is 7.83. The lowest BCUT2D eigenvalue weighted by Crippen LogP contribution is -2.38. The number of fused-ring (bicyclic) bond motifs is 1. The average molecular weight is 378 g/mol. The molecule has 4 rings (SSSR count). The molecule has 0 spiro atoms. The minimum absolute atomic E-state index is 0.0255. The van der Waals surface area contributed by atoms with Crippen molar-refractivity contribution >= 4 is 17.5 Å². The molecule has 2 aliphatic rings. The van der Waals surface area contributed by atoms with Gasteiger partial charge in [0, 0.05) is 31.1 Å². The molecule has 0 saturated carbocycles. The van der Waals surface area contributed by atoms with Crippen molar-refractivity contribution in [1.82, 2.24) is 4.90 Å². The molecule has 1 atom stereocenters. The Balaban J connectivity index is 1.27. The molecule has 1 unspecified atom stereocenters. The van der Waals surface area contributed by atoms with Gasteiger partial charge in [0.2, 0.25) is 11.8 Å². The van der Waals surface area contributed by atoms with Gasteiger partial charge in [0.15, 0.2) is 0 Å². The smallest absolute Gasteiger partial charge is 0.227 e. The van der Waals surface area contributed by atoms with Crippen molar-refractivity contribution in [1.29, 1.82) is 0 Å². The van der Waals surface area contributed by atoms with E-state index in [4.69, 9.17) is 0 Å². The number of hydrogen-bond acceptors (Lipinski definition) is 3. The number of phenolic OH excluding ortho intramolecular Hbond substituents is 1. The molecule has 2 aromatic carbocycles. The monoisotopic (exact) mass is 378 g/mol. The molecular weight excluding hydrogens is 352 g/mol. The van der Waals surface area contributed by atoms with E-state index in [0.29, 0.717) is 25.2 Å². The van der Waals surface area contributed by atoms with Crippen molar-refractivity contribution < 1.29 is 14.7 Å². The van der Waals surface area contributed by atoms with E-state index in [1.807, 2.05) is 41.3 Å². The van der Waals surface area contributed by atoms with Crippen molar-refractivity contribution in [3.8, 4) is 5.75 Å². The van der Waals surface area contributed by atoms with Crippen LogP contribution in [0, 0.1) is 5.92 Å². The maximum absolute atomic E-state index is 12.6. The van der Waals surface area contributed by atoms with E-state index in [1.54, 1.807) is 12.1 Å². The first-order valence-corrected chi connectivity index (χ1v) is 10.1. The van der Waals surface area contributed by atoms with Crippen LogP contribution in [0.1, 0.15) is 42.7 Å². The number of hydrogen-bond donors (Lipinski definition) is 2. The Morgan fingerprint density at radius 1 is 1.07 bits per heavy atom. The predicted molar refractivity (Wildman–Crippen MR) is 108 cm³/mol. The summed E-state index contributed by atoms with van der Waals surface area (Å²) in [7, 11) is 0. The SMILES string of the molecule is O=C1Nc2ccccc2CC1CCC(=O)N1CCC(c2ccc(O)cc2)CC1. The van der Waals surface area contributed by atoms with Gasteiger partial charge in [0.1, 0.15) is 5.75 Å². The number of aromatic hydroxyl groups is 1. The molecule has 1 fully saturated rings. The highest BCUT2D eigenvalue weighted by atomic mass is 16.3. The Hall–Kier alpha value is -2.82. The van der Waals surface area contributed by atoms with Crippen LogP contribution in [0.25, 0.3) is 0 Å². The Morgan fingerprint density at radius 3 is 2.54 bits per heavy atom. The number of nitrogens with one attached hydrogen (secondary N) is 1. The fraction of sp³-hybridized carbons (Fsp3) is 0.391. The van der Waals surface area contributed by atoms with Crippen LogP contribution in [0.3, 0.4) is 0 Å². The topological polar surface area (TPSA) is 69.6 Å². The summed E-state index contributed by atoms with van der Waals surface area (Å²) < 4.78 is 0. The highest BCUT2D eigenvalue weighted by Crippen LogP contribution is 2.30. The molecule has 2 amide bonds. The van der Waals surface area contributed by atoms with Crippen molar-refractivity contribution in [2.45, 2.75) is 38.0 Å². The molecule has 2 heterocycles. The molecule has 146 valence electrons. The van der Waals surface area contributed by atoms with Crippen LogP contribution in [0.2, 0.25) is 0 Å². The summed E-state index contributed by atoms with van der Waals surface area (Å²) in [6, 6.07) is 15.3. The molecule has 0 aromatic heterocycles. The van der Waals surface area contributed by atoms with Crippen molar-refractivity contribution in [2.24, 2.45) is 5.92 Å². The Morgan fingerprint density at radius 2 is 1.79 bits per heavy atom. The summed E-state index contributed by atoms with van der Waals surface area (Å²) in [5.41, 5.74) is 3.27. The number of phenols is 1. The molecule has 0 aliphatic carbocycles. The fourth-order valence-corrected chi connectivity index (χ4v) is 4.31. The molecule has 2 aliphatic heterocycles. The van der Waals surface area contributed by atoms with Gasteiger partial charge in [-0.05, 0) is 60.9 Å². The highest BCUT2D eigenvalue weighted by molar-refractivity contribution is 5.96. The van der Waals surface area contributed by atoms with Crippen molar-refractivity contribution in [2.75, 3.05) is 18.4 Å². The van der Waals surface area contributed by atoms with Gasteiger partial charge >= 0.3 is 0 Å². The molecule has 1 saturated heterocycles. The van der Waals surface area contributed by atoms with Crippen LogP contribution in [-0.4, -0.2) is 34.9 Å². The van der Waals surface area contributed by atoms with Crippen LogP contribution in [0.15, 0.2) is 48.5 Å². The second kappa shape index (κ2) is 8.05. The lowest BCUT2D eigenvalue weighted by atomic mass is 9.88. The largest absolute Gasteiger partial charge is 0.508 e. The zero-order chi connectivity index (χ0) is 19.5. The number of benzene rings is 2. The first kappa shape index (κ1) is 18.5. The maximum Gasteiger partial charge on any atom is 0.227 e. The van der Waals surface area contributed by atoms with Crippen LogP contribution >= 0.6 is 0 Å². The number of para-hydroxylation sites is 1. The third-order valence-corrected chi connectivity index (χ3v) is 6.03. The maximum atomic E-state index is 12.6.